The molecule has 1 aromatic heterocycles. The normalized spacial score (nSPS) is 28.8. The van der Waals surface area contributed by atoms with Crippen LogP contribution in [0.15, 0.2) is 12.1 Å². The summed E-state index contributed by atoms with van der Waals surface area (Å²) in [6, 6.07) is 4.07. The van der Waals surface area contributed by atoms with Crippen LogP contribution in [0.5, 0.6) is 0 Å². The molecular formula is C10H13ClOS. The van der Waals surface area contributed by atoms with E-state index < -0.39 is 0 Å². The summed E-state index contributed by atoms with van der Waals surface area (Å²) in [5, 5.41) is 0. The molecule has 3 unspecified atom stereocenters. The molecule has 1 aromatic rings. The zero-order valence-electron chi connectivity index (χ0n) is 7.79. The molecule has 0 aliphatic carbocycles. The molecule has 72 valence electrons. The summed E-state index contributed by atoms with van der Waals surface area (Å²) < 4.78 is 6.31. The molecular weight excluding hydrogens is 204 g/mol. The Morgan fingerprint density at radius 2 is 2.31 bits per heavy atom. The highest BCUT2D eigenvalue weighted by molar-refractivity contribution is 7.16. The molecule has 1 saturated heterocycles. The van der Waals surface area contributed by atoms with Gasteiger partial charge in [0.2, 0.25) is 0 Å². The molecule has 0 spiro atoms. The minimum Gasteiger partial charge on any atom is -0.370 e. The van der Waals surface area contributed by atoms with Gasteiger partial charge in [-0.15, -0.1) is 11.3 Å². The summed E-state index contributed by atoms with van der Waals surface area (Å²) in [4.78, 5) is 1.36. The molecule has 1 aliphatic rings. The van der Waals surface area contributed by atoms with Gasteiger partial charge < -0.3 is 4.74 Å². The highest BCUT2D eigenvalue weighted by atomic mass is 35.5. The van der Waals surface area contributed by atoms with Crippen LogP contribution in [0.2, 0.25) is 4.34 Å². The van der Waals surface area contributed by atoms with Gasteiger partial charge in [-0.2, -0.15) is 0 Å². The van der Waals surface area contributed by atoms with E-state index in [1.807, 2.05) is 6.07 Å². The number of epoxide rings is 1. The van der Waals surface area contributed by atoms with E-state index in [0.29, 0.717) is 18.1 Å². The number of ether oxygens (including phenoxy) is 1. The van der Waals surface area contributed by atoms with Crippen molar-refractivity contribution in [2.45, 2.75) is 32.5 Å². The first kappa shape index (κ1) is 9.50. The van der Waals surface area contributed by atoms with E-state index in [4.69, 9.17) is 16.3 Å². The summed E-state index contributed by atoms with van der Waals surface area (Å²) in [5.74, 6) is 0.615. The largest absolute Gasteiger partial charge is 0.370 e. The van der Waals surface area contributed by atoms with E-state index in [0.717, 1.165) is 10.8 Å². The third-order valence-electron chi connectivity index (χ3n) is 2.47. The van der Waals surface area contributed by atoms with Crippen molar-refractivity contribution in [1.29, 1.82) is 0 Å². The number of thiophene rings is 1. The fourth-order valence-electron chi connectivity index (χ4n) is 1.69. The Bertz CT molecular complexity index is 297. The number of halogens is 1. The Labute approximate surface area is 87.7 Å². The Morgan fingerprint density at radius 1 is 1.62 bits per heavy atom. The van der Waals surface area contributed by atoms with Crippen LogP contribution < -0.4 is 0 Å². The molecule has 2 rings (SSSR count). The van der Waals surface area contributed by atoms with Gasteiger partial charge in [-0.05, 0) is 31.4 Å². The third kappa shape index (κ3) is 2.25. The lowest BCUT2D eigenvalue weighted by Crippen LogP contribution is -2.07. The first-order valence-electron chi connectivity index (χ1n) is 4.56. The van der Waals surface area contributed by atoms with Crippen molar-refractivity contribution < 1.29 is 4.74 Å². The fraction of sp³-hybridized carbons (Fsp3) is 0.600. The van der Waals surface area contributed by atoms with Crippen molar-refractivity contribution in [3.63, 3.8) is 0 Å². The maximum absolute atomic E-state index is 5.85. The van der Waals surface area contributed by atoms with Crippen molar-refractivity contribution in [3.8, 4) is 0 Å². The molecule has 0 radical (unpaired) electrons. The van der Waals surface area contributed by atoms with Gasteiger partial charge in [0.15, 0.2) is 0 Å². The van der Waals surface area contributed by atoms with Gasteiger partial charge in [-0.1, -0.05) is 18.5 Å². The smallest absolute Gasteiger partial charge is 0.0931 e. The summed E-state index contributed by atoms with van der Waals surface area (Å²) >= 11 is 7.53. The SMILES string of the molecule is CC(Cc1ccc(Cl)s1)C1OC1C. The van der Waals surface area contributed by atoms with Gasteiger partial charge in [0, 0.05) is 4.88 Å². The Balaban J connectivity index is 1.91. The van der Waals surface area contributed by atoms with Gasteiger partial charge in [0.05, 0.1) is 16.5 Å². The minimum atomic E-state index is 0.463. The van der Waals surface area contributed by atoms with E-state index >= 15 is 0 Å². The zero-order chi connectivity index (χ0) is 9.42. The number of rotatable bonds is 3. The van der Waals surface area contributed by atoms with Crippen LogP contribution in [0.25, 0.3) is 0 Å². The summed E-state index contributed by atoms with van der Waals surface area (Å²) in [6.45, 7) is 4.37. The van der Waals surface area contributed by atoms with Crippen LogP contribution in [0.3, 0.4) is 0 Å². The molecule has 0 bridgehead atoms. The lowest BCUT2D eigenvalue weighted by molar-refractivity contribution is 0.329. The van der Waals surface area contributed by atoms with Crippen LogP contribution in [0.4, 0.5) is 0 Å². The molecule has 0 amide bonds. The lowest BCUT2D eigenvalue weighted by atomic mass is 10.0. The Kier molecular flexibility index (Phi) is 2.63. The van der Waals surface area contributed by atoms with Crippen LogP contribution in [0, 0.1) is 5.92 Å². The lowest BCUT2D eigenvalue weighted by Gasteiger charge is -2.04. The highest BCUT2D eigenvalue weighted by Gasteiger charge is 2.38. The summed E-state index contributed by atoms with van der Waals surface area (Å²) in [5.41, 5.74) is 0. The highest BCUT2D eigenvalue weighted by Crippen LogP contribution is 2.32. The van der Waals surface area contributed by atoms with E-state index in [9.17, 15) is 0 Å². The summed E-state index contributed by atoms with van der Waals surface area (Å²) in [7, 11) is 0. The topological polar surface area (TPSA) is 12.5 Å². The van der Waals surface area contributed by atoms with Gasteiger partial charge in [-0.25, -0.2) is 0 Å². The first-order valence-corrected chi connectivity index (χ1v) is 5.76. The van der Waals surface area contributed by atoms with Crippen LogP contribution >= 0.6 is 22.9 Å². The van der Waals surface area contributed by atoms with Gasteiger partial charge in [0.25, 0.3) is 0 Å². The average molecular weight is 217 g/mol. The molecule has 0 saturated carbocycles. The fourth-order valence-corrected chi connectivity index (χ4v) is 2.92. The maximum atomic E-state index is 5.85. The van der Waals surface area contributed by atoms with Crippen LogP contribution in [0.1, 0.15) is 18.7 Å². The molecule has 2 heterocycles. The predicted octanol–water partition coefficient (Wildman–Crippen LogP) is 3.37. The second kappa shape index (κ2) is 3.60. The molecule has 3 heteroatoms. The molecule has 1 fully saturated rings. The average Bonchev–Trinajstić information content (AvgIpc) is 2.66. The zero-order valence-corrected chi connectivity index (χ0v) is 9.36. The standard InChI is InChI=1S/C10H13ClOS/c1-6(10-7(2)12-10)5-8-3-4-9(11)13-8/h3-4,6-7,10H,5H2,1-2H3. The Hall–Kier alpha value is -0.0500. The minimum absolute atomic E-state index is 0.463. The van der Waals surface area contributed by atoms with Crippen molar-refractivity contribution in [2.75, 3.05) is 0 Å². The van der Waals surface area contributed by atoms with E-state index in [-0.39, 0.29) is 0 Å². The van der Waals surface area contributed by atoms with Crippen LogP contribution in [-0.4, -0.2) is 12.2 Å². The second-order valence-corrected chi connectivity index (χ2v) is 5.49. The van der Waals surface area contributed by atoms with Crippen molar-refractivity contribution in [3.05, 3.63) is 21.3 Å². The molecule has 3 atom stereocenters. The van der Waals surface area contributed by atoms with Gasteiger partial charge in [-0.3, -0.25) is 0 Å². The first-order chi connectivity index (χ1) is 6.16. The van der Waals surface area contributed by atoms with Gasteiger partial charge >= 0.3 is 0 Å². The number of hydrogen-bond donors (Lipinski definition) is 0. The Morgan fingerprint density at radius 3 is 2.77 bits per heavy atom. The van der Waals surface area contributed by atoms with Crippen molar-refractivity contribution in [2.24, 2.45) is 5.92 Å². The maximum Gasteiger partial charge on any atom is 0.0931 e. The van der Waals surface area contributed by atoms with E-state index in [1.165, 1.54) is 4.88 Å². The number of hydrogen-bond acceptors (Lipinski definition) is 2. The molecule has 1 aliphatic heterocycles. The second-order valence-electron chi connectivity index (χ2n) is 3.69. The van der Waals surface area contributed by atoms with Crippen molar-refractivity contribution >= 4 is 22.9 Å². The molecule has 0 aromatic carbocycles. The molecule has 13 heavy (non-hydrogen) atoms. The van der Waals surface area contributed by atoms with E-state index in [1.54, 1.807) is 11.3 Å². The monoisotopic (exact) mass is 216 g/mol. The molecule has 0 N–H and O–H groups in total. The molecule has 1 nitrogen and oxygen atoms in total. The quantitative estimate of drug-likeness (QED) is 0.706. The van der Waals surface area contributed by atoms with Crippen LogP contribution in [-0.2, 0) is 11.2 Å². The van der Waals surface area contributed by atoms with Crippen molar-refractivity contribution in [1.82, 2.24) is 0 Å². The van der Waals surface area contributed by atoms with Gasteiger partial charge in [0.1, 0.15) is 0 Å². The third-order valence-corrected chi connectivity index (χ3v) is 3.72. The van der Waals surface area contributed by atoms with E-state index in [2.05, 4.69) is 19.9 Å². The predicted molar refractivity (Wildman–Crippen MR) is 56.5 cm³/mol. The summed E-state index contributed by atoms with van der Waals surface area (Å²) in [6.07, 6.45) is 2.03.